The Hall–Kier alpha value is -2.44. The molecular formula is C20H23FN2O3. The van der Waals surface area contributed by atoms with E-state index in [-0.39, 0.29) is 23.6 Å². The minimum atomic E-state index is -0.218. The number of benzene rings is 2. The predicted octanol–water partition coefficient (Wildman–Crippen LogP) is 2.20. The van der Waals surface area contributed by atoms with Crippen LogP contribution in [0, 0.1) is 5.82 Å². The van der Waals surface area contributed by atoms with Crippen LogP contribution in [-0.2, 0) is 11.2 Å². The first-order chi connectivity index (χ1) is 12.6. The minimum absolute atomic E-state index is 0.0574. The number of carbonyl (C=O) groups excluding carboxylic acids is 1. The summed E-state index contributed by atoms with van der Waals surface area (Å²) in [5.74, 6) is -0.268. The number of aromatic hydroxyl groups is 1. The highest BCUT2D eigenvalue weighted by atomic mass is 19.1. The number of hydrogen-bond acceptors (Lipinski definition) is 4. The zero-order valence-electron chi connectivity index (χ0n) is 14.5. The third-order valence-corrected chi connectivity index (χ3v) is 4.47. The molecule has 138 valence electrons. The van der Waals surface area contributed by atoms with Crippen LogP contribution in [0.1, 0.15) is 15.9 Å². The summed E-state index contributed by atoms with van der Waals surface area (Å²) in [5, 5.41) is 12.1. The van der Waals surface area contributed by atoms with Crippen molar-refractivity contribution in [2.75, 3.05) is 32.8 Å². The van der Waals surface area contributed by atoms with Crippen LogP contribution < -0.4 is 5.32 Å². The van der Waals surface area contributed by atoms with E-state index in [0.717, 1.165) is 31.6 Å². The minimum Gasteiger partial charge on any atom is -0.508 e. The van der Waals surface area contributed by atoms with Crippen molar-refractivity contribution in [1.29, 1.82) is 0 Å². The molecule has 2 N–H and O–H groups in total. The Bertz CT molecular complexity index is 719. The van der Waals surface area contributed by atoms with Gasteiger partial charge in [-0.15, -0.1) is 0 Å². The maximum absolute atomic E-state index is 13.0. The van der Waals surface area contributed by atoms with E-state index >= 15 is 0 Å². The van der Waals surface area contributed by atoms with E-state index in [1.165, 1.54) is 24.3 Å². The number of phenolic OH excluding ortho intramolecular Hbond substituents is 1. The standard InChI is InChI=1S/C20H23FN2O3/c21-17-5-1-15(2-6-17)9-10-23-11-12-26-19(14-23)13-22-20(25)16-3-7-18(24)8-4-16/h1-8,19,24H,9-14H2,(H,22,25)/t19-/m1/s1. The molecule has 1 amide bonds. The van der Waals surface area contributed by atoms with E-state index in [1.54, 1.807) is 12.1 Å². The summed E-state index contributed by atoms with van der Waals surface area (Å²) in [7, 11) is 0. The average Bonchev–Trinajstić information content (AvgIpc) is 2.66. The molecule has 1 aliphatic heterocycles. The molecule has 26 heavy (non-hydrogen) atoms. The Morgan fingerprint density at radius 2 is 1.92 bits per heavy atom. The molecule has 3 rings (SSSR count). The second-order valence-corrected chi connectivity index (χ2v) is 6.43. The number of halogens is 1. The lowest BCUT2D eigenvalue weighted by Gasteiger charge is -2.33. The van der Waals surface area contributed by atoms with E-state index in [2.05, 4.69) is 10.2 Å². The highest BCUT2D eigenvalue weighted by Gasteiger charge is 2.21. The molecule has 2 aromatic carbocycles. The van der Waals surface area contributed by atoms with Crippen molar-refractivity contribution >= 4 is 5.91 Å². The first-order valence-electron chi connectivity index (χ1n) is 8.76. The molecule has 1 fully saturated rings. The van der Waals surface area contributed by atoms with Crippen molar-refractivity contribution in [3.8, 4) is 5.75 Å². The lowest BCUT2D eigenvalue weighted by Crippen LogP contribution is -2.48. The lowest BCUT2D eigenvalue weighted by atomic mass is 10.1. The molecule has 0 aliphatic carbocycles. The molecule has 0 spiro atoms. The number of ether oxygens (including phenoxy) is 1. The molecule has 2 aromatic rings. The van der Waals surface area contributed by atoms with Crippen LogP contribution in [0.5, 0.6) is 5.75 Å². The molecule has 0 radical (unpaired) electrons. The van der Waals surface area contributed by atoms with Crippen molar-refractivity contribution in [3.63, 3.8) is 0 Å². The number of nitrogens with one attached hydrogen (secondary N) is 1. The summed E-state index contributed by atoms with van der Waals surface area (Å²) in [6.07, 6.45) is 0.797. The molecule has 0 aromatic heterocycles. The number of morpholine rings is 1. The van der Waals surface area contributed by atoms with Crippen molar-refractivity contribution < 1.29 is 19.0 Å². The SMILES string of the molecule is O=C(NC[C@@H]1CN(CCc2ccc(F)cc2)CCO1)c1ccc(O)cc1. The van der Waals surface area contributed by atoms with Crippen LogP contribution in [0.4, 0.5) is 4.39 Å². The molecule has 1 saturated heterocycles. The van der Waals surface area contributed by atoms with Crippen LogP contribution in [0.25, 0.3) is 0 Å². The van der Waals surface area contributed by atoms with Gasteiger partial charge in [0.05, 0.1) is 12.7 Å². The Kier molecular flexibility index (Phi) is 6.20. The fourth-order valence-electron chi connectivity index (χ4n) is 2.97. The summed E-state index contributed by atoms with van der Waals surface area (Å²) in [6, 6.07) is 12.7. The average molecular weight is 358 g/mol. The normalized spacial score (nSPS) is 17.8. The van der Waals surface area contributed by atoms with Gasteiger partial charge in [-0.05, 0) is 48.4 Å². The van der Waals surface area contributed by atoms with E-state index in [4.69, 9.17) is 4.74 Å². The third kappa shape index (κ3) is 5.28. The van der Waals surface area contributed by atoms with Crippen molar-refractivity contribution in [2.24, 2.45) is 0 Å². The van der Waals surface area contributed by atoms with Crippen LogP contribution >= 0.6 is 0 Å². The maximum atomic E-state index is 13.0. The summed E-state index contributed by atoms with van der Waals surface area (Å²) in [6.45, 7) is 3.54. The van der Waals surface area contributed by atoms with E-state index in [1.807, 2.05) is 12.1 Å². The smallest absolute Gasteiger partial charge is 0.251 e. The zero-order valence-corrected chi connectivity index (χ0v) is 14.5. The van der Waals surface area contributed by atoms with Crippen LogP contribution in [0.2, 0.25) is 0 Å². The van der Waals surface area contributed by atoms with E-state index < -0.39 is 0 Å². The molecule has 6 heteroatoms. The van der Waals surface area contributed by atoms with Gasteiger partial charge in [-0.25, -0.2) is 4.39 Å². The van der Waals surface area contributed by atoms with Crippen molar-refractivity contribution in [1.82, 2.24) is 10.2 Å². The summed E-state index contributed by atoms with van der Waals surface area (Å²) >= 11 is 0. The number of amides is 1. The van der Waals surface area contributed by atoms with Gasteiger partial charge in [0.1, 0.15) is 11.6 Å². The van der Waals surface area contributed by atoms with Crippen molar-refractivity contribution in [2.45, 2.75) is 12.5 Å². The number of hydrogen-bond donors (Lipinski definition) is 2. The first-order valence-corrected chi connectivity index (χ1v) is 8.76. The number of nitrogens with zero attached hydrogens (tertiary/aromatic N) is 1. The van der Waals surface area contributed by atoms with Gasteiger partial charge in [0.15, 0.2) is 0 Å². The monoisotopic (exact) mass is 358 g/mol. The summed E-state index contributed by atoms with van der Waals surface area (Å²) < 4.78 is 18.7. The van der Waals surface area contributed by atoms with Crippen LogP contribution in [-0.4, -0.2) is 54.8 Å². The fraction of sp³-hybridized carbons (Fsp3) is 0.350. The Morgan fingerprint density at radius 1 is 1.19 bits per heavy atom. The molecule has 0 unspecified atom stereocenters. The fourth-order valence-corrected chi connectivity index (χ4v) is 2.97. The number of carbonyl (C=O) groups is 1. The second-order valence-electron chi connectivity index (χ2n) is 6.43. The molecule has 1 heterocycles. The van der Waals surface area contributed by atoms with Gasteiger partial charge < -0.3 is 15.2 Å². The third-order valence-electron chi connectivity index (χ3n) is 4.47. The van der Waals surface area contributed by atoms with Crippen LogP contribution in [0.3, 0.4) is 0 Å². The molecule has 0 saturated carbocycles. The molecular weight excluding hydrogens is 335 g/mol. The van der Waals surface area contributed by atoms with Gasteiger partial charge in [0, 0.05) is 31.7 Å². The van der Waals surface area contributed by atoms with E-state index in [9.17, 15) is 14.3 Å². The Labute approximate surface area is 152 Å². The van der Waals surface area contributed by atoms with Crippen molar-refractivity contribution in [3.05, 3.63) is 65.5 Å². The Morgan fingerprint density at radius 3 is 2.65 bits per heavy atom. The maximum Gasteiger partial charge on any atom is 0.251 e. The van der Waals surface area contributed by atoms with Gasteiger partial charge in [-0.2, -0.15) is 0 Å². The molecule has 1 aliphatic rings. The van der Waals surface area contributed by atoms with Crippen LogP contribution in [0.15, 0.2) is 48.5 Å². The molecule has 0 bridgehead atoms. The zero-order chi connectivity index (χ0) is 18.4. The van der Waals surface area contributed by atoms with Gasteiger partial charge in [-0.1, -0.05) is 12.1 Å². The second kappa shape index (κ2) is 8.78. The van der Waals surface area contributed by atoms with E-state index in [0.29, 0.717) is 18.7 Å². The first kappa shape index (κ1) is 18.4. The van der Waals surface area contributed by atoms with Gasteiger partial charge in [0.25, 0.3) is 5.91 Å². The topological polar surface area (TPSA) is 61.8 Å². The van der Waals surface area contributed by atoms with Gasteiger partial charge >= 0.3 is 0 Å². The van der Waals surface area contributed by atoms with Gasteiger partial charge in [-0.3, -0.25) is 9.69 Å². The van der Waals surface area contributed by atoms with Gasteiger partial charge in [0.2, 0.25) is 0 Å². The highest BCUT2D eigenvalue weighted by molar-refractivity contribution is 5.94. The lowest BCUT2D eigenvalue weighted by molar-refractivity contribution is -0.0259. The number of rotatable bonds is 6. The quantitative estimate of drug-likeness (QED) is 0.831. The highest BCUT2D eigenvalue weighted by Crippen LogP contribution is 2.11. The Balaban J connectivity index is 1.43. The molecule has 1 atom stereocenters. The number of phenols is 1. The predicted molar refractivity (Wildman–Crippen MR) is 96.7 cm³/mol. The molecule has 5 nitrogen and oxygen atoms in total. The largest absolute Gasteiger partial charge is 0.508 e. The summed E-state index contributed by atoms with van der Waals surface area (Å²) in [4.78, 5) is 14.4. The summed E-state index contributed by atoms with van der Waals surface area (Å²) in [5.41, 5.74) is 1.61.